The third kappa shape index (κ3) is 7.06. The highest BCUT2D eigenvalue weighted by atomic mass is 16.7. The highest BCUT2D eigenvalue weighted by Crippen LogP contribution is 2.08. The first-order valence-electron chi connectivity index (χ1n) is 6.32. The van der Waals surface area contributed by atoms with Gasteiger partial charge in [-0.1, -0.05) is 27.4 Å². The summed E-state index contributed by atoms with van der Waals surface area (Å²) in [5.41, 5.74) is 0. The lowest BCUT2D eigenvalue weighted by molar-refractivity contribution is -0.190. The minimum Gasteiger partial charge on any atom is -0.436 e. The fourth-order valence-electron chi connectivity index (χ4n) is 1.23. The number of esters is 1. The van der Waals surface area contributed by atoms with Crippen LogP contribution in [0.1, 0.15) is 40.0 Å². The molecule has 5 nitrogen and oxygen atoms in total. The monoisotopic (exact) mass is 257 g/mol. The molecule has 0 aliphatic rings. The molecule has 18 heavy (non-hydrogen) atoms. The number of nitrogens with one attached hydrogen (secondary N) is 1. The molecule has 0 aliphatic carbocycles. The van der Waals surface area contributed by atoms with Gasteiger partial charge in [-0.05, 0) is 12.5 Å². The highest BCUT2D eigenvalue weighted by Gasteiger charge is 2.17. The largest absolute Gasteiger partial charge is 0.436 e. The van der Waals surface area contributed by atoms with E-state index in [1.807, 2.05) is 13.8 Å². The lowest BCUT2D eigenvalue weighted by atomic mass is 10.2. The summed E-state index contributed by atoms with van der Waals surface area (Å²) in [7, 11) is 0. The molecular formula is C13H23NO4. The van der Waals surface area contributed by atoms with Gasteiger partial charge in [0.2, 0.25) is 12.2 Å². The second kappa shape index (κ2) is 9.65. The Labute approximate surface area is 109 Å². The van der Waals surface area contributed by atoms with Crippen molar-refractivity contribution in [1.29, 1.82) is 0 Å². The van der Waals surface area contributed by atoms with Crippen LogP contribution >= 0.6 is 0 Å². The zero-order valence-electron chi connectivity index (χ0n) is 11.4. The molecule has 0 saturated carbocycles. The summed E-state index contributed by atoms with van der Waals surface area (Å²) >= 11 is 0. The van der Waals surface area contributed by atoms with Crippen molar-refractivity contribution in [2.75, 3.05) is 6.54 Å². The SMILES string of the molecule is C=CC(=O)NCC(CC)OC(CC)OC(=O)CC. The minimum atomic E-state index is -0.553. The van der Waals surface area contributed by atoms with Crippen molar-refractivity contribution < 1.29 is 19.1 Å². The molecule has 0 saturated heterocycles. The van der Waals surface area contributed by atoms with Crippen molar-refractivity contribution in [3.8, 4) is 0 Å². The van der Waals surface area contributed by atoms with Gasteiger partial charge in [-0.15, -0.1) is 0 Å². The third-order valence-electron chi connectivity index (χ3n) is 2.37. The van der Waals surface area contributed by atoms with E-state index in [4.69, 9.17) is 9.47 Å². The predicted molar refractivity (Wildman–Crippen MR) is 68.8 cm³/mol. The summed E-state index contributed by atoms with van der Waals surface area (Å²) in [6, 6.07) is 0. The van der Waals surface area contributed by atoms with Crippen molar-refractivity contribution in [1.82, 2.24) is 5.32 Å². The summed E-state index contributed by atoms with van der Waals surface area (Å²) in [4.78, 5) is 22.2. The number of hydrogen-bond acceptors (Lipinski definition) is 4. The van der Waals surface area contributed by atoms with Crippen LogP contribution in [0.15, 0.2) is 12.7 Å². The molecule has 0 radical (unpaired) electrons. The average Bonchev–Trinajstić information content (AvgIpc) is 2.41. The smallest absolute Gasteiger partial charge is 0.307 e. The molecule has 1 amide bonds. The van der Waals surface area contributed by atoms with Gasteiger partial charge in [0.15, 0.2) is 0 Å². The summed E-state index contributed by atoms with van der Waals surface area (Å²) in [5, 5.41) is 2.66. The summed E-state index contributed by atoms with van der Waals surface area (Å²) in [5.74, 6) is -0.525. The van der Waals surface area contributed by atoms with E-state index in [1.54, 1.807) is 6.92 Å². The molecule has 0 aromatic heterocycles. The molecule has 0 heterocycles. The van der Waals surface area contributed by atoms with Crippen molar-refractivity contribution in [3.05, 3.63) is 12.7 Å². The number of carbonyl (C=O) groups excluding carboxylic acids is 2. The standard InChI is InChI=1S/C13H23NO4/c1-5-10(9-14-11(15)6-2)17-13(8-4)18-12(16)7-3/h6,10,13H,2,5,7-9H2,1,3-4H3,(H,14,15). The number of hydrogen-bond donors (Lipinski definition) is 1. The van der Waals surface area contributed by atoms with Crippen molar-refractivity contribution in [2.24, 2.45) is 0 Å². The van der Waals surface area contributed by atoms with Crippen molar-refractivity contribution >= 4 is 11.9 Å². The predicted octanol–water partition coefficient (Wildman–Crippen LogP) is 1.77. The summed E-state index contributed by atoms with van der Waals surface area (Å²) in [6.45, 7) is 9.30. The van der Waals surface area contributed by atoms with Crippen LogP contribution in [0.3, 0.4) is 0 Å². The maximum atomic E-state index is 11.2. The maximum absolute atomic E-state index is 11.2. The molecule has 104 valence electrons. The normalized spacial score (nSPS) is 13.5. The van der Waals surface area contributed by atoms with Crippen LogP contribution in [0.5, 0.6) is 0 Å². The second-order valence-electron chi connectivity index (χ2n) is 3.80. The van der Waals surface area contributed by atoms with E-state index < -0.39 is 6.29 Å². The second-order valence-corrected chi connectivity index (χ2v) is 3.80. The van der Waals surface area contributed by atoms with Crippen LogP contribution in [0, 0.1) is 0 Å². The van der Waals surface area contributed by atoms with Gasteiger partial charge in [-0.25, -0.2) is 0 Å². The Hall–Kier alpha value is -1.36. The fraction of sp³-hybridized carbons (Fsp3) is 0.692. The molecular weight excluding hydrogens is 234 g/mol. The first-order valence-corrected chi connectivity index (χ1v) is 6.32. The van der Waals surface area contributed by atoms with Gasteiger partial charge in [0.05, 0.1) is 6.10 Å². The van der Waals surface area contributed by atoms with Crippen molar-refractivity contribution in [2.45, 2.75) is 52.4 Å². The third-order valence-corrected chi connectivity index (χ3v) is 2.37. The van der Waals surface area contributed by atoms with Crippen LogP contribution in [0.4, 0.5) is 0 Å². The van der Waals surface area contributed by atoms with E-state index in [0.29, 0.717) is 19.4 Å². The molecule has 0 rings (SSSR count). The minimum absolute atomic E-state index is 0.177. The molecule has 5 heteroatoms. The number of rotatable bonds is 9. The molecule has 0 aromatic carbocycles. The van der Waals surface area contributed by atoms with Gasteiger partial charge in [-0.3, -0.25) is 9.59 Å². The van der Waals surface area contributed by atoms with Crippen LogP contribution < -0.4 is 5.32 Å². The number of ether oxygens (including phenoxy) is 2. The van der Waals surface area contributed by atoms with E-state index in [9.17, 15) is 9.59 Å². The Morgan fingerprint density at radius 1 is 1.28 bits per heavy atom. The summed E-state index contributed by atoms with van der Waals surface area (Å²) in [6.07, 6.45) is 2.10. The zero-order chi connectivity index (χ0) is 14.0. The van der Waals surface area contributed by atoms with Crippen LogP contribution in [0.2, 0.25) is 0 Å². The quantitative estimate of drug-likeness (QED) is 0.388. The van der Waals surface area contributed by atoms with E-state index in [2.05, 4.69) is 11.9 Å². The van der Waals surface area contributed by atoms with E-state index in [1.165, 1.54) is 6.08 Å². The molecule has 0 aliphatic heterocycles. The van der Waals surface area contributed by atoms with Gasteiger partial charge >= 0.3 is 5.97 Å². The molecule has 1 N–H and O–H groups in total. The molecule has 2 unspecified atom stereocenters. The lowest BCUT2D eigenvalue weighted by Crippen LogP contribution is -2.35. The Bertz CT molecular complexity index is 278. The first-order chi connectivity index (χ1) is 8.57. The first kappa shape index (κ1) is 16.6. The molecule has 0 aromatic rings. The number of amides is 1. The van der Waals surface area contributed by atoms with Gasteiger partial charge in [-0.2, -0.15) is 0 Å². The average molecular weight is 257 g/mol. The van der Waals surface area contributed by atoms with Crippen LogP contribution in [-0.2, 0) is 19.1 Å². The molecule has 0 spiro atoms. The van der Waals surface area contributed by atoms with Crippen LogP contribution in [0.25, 0.3) is 0 Å². The molecule has 0 fully saturated rings. The molecule has 2 atom stereocenters. The van der Waals surface area contributed by atoms with E-state index in [-0.39, 0.29) is 18.0 Å². The van der Waals surface area contributed by atoms with Gasteiger partial charge in [0, 0.05) is 19.4 Å². The fourth-order valence-corrected chi connectivity index (χ4v) is 1.23. The van der Waals surface area contributed by atoms with E-state index >= 15 is 0 Å². The Morgan fingerprint density at radius 3 is 2.39 bits per heavy atom. The highest BCUT2D eigenvalue weighted by molar-refractivity contribution is 5.86. The Balaban J connectivity index is 4.17. The van der Waals surface area contributed by atoms with Crippen LogP contribution in [-0.4, -0.2) is 30.8 Å². The zero-order valence-corrected chi connectivity index (χ0v) is 11.4. The molecule has 0 bridgehead atoms. The maximum Gasteiger partial charge on any atom is 0.307 e. The Morgan fingerprint density at radius 2 is 1.94 bits per heavy atom. The van der Waals surface area contributed by atoms with Gasteiger partial charge < -0.3 is 14.8 Å². The van der Waals surface area contributed by atoms with E-state index in [0.717, 1.165) is 6.42 Å². The summed E-state index contributed by atoms with van der Waals surface area (Å²) < 4.78 is 10.7. The van der Waals surface area contributed by atoms with Gasteiger partial charge in [0.25, 0.3) is 0 Å². The Kier molecular flexibility index (Phi) is 8.92. The topological polar surface area (TPSA) is 64.6 Å². The van der Waals surface area contributed by atoms with Gasteiger partial charge in [0.1, 0.15) is 0 Å². The van der Waals surface area contributed by atoms with Crippen molar-refractivity contribution in [3.63, 3.8) is 0 Å². The lowest BCUT2D eigenvalue weighted by Gasteiger charge is -2.23. The number of carbonyl (C=O) groups is 2.